The SMILES string of the molecule is CCC(C)(CNC1CC1)CN1CCCN(CCO)CC1. The van der Waals surface area contributed by atoms with Crippen LogP contribution in [-0.2, 0) is 0 Å². The lowest BCUT2D eigenvalue weighted by atomic mass is 9.86. The maximum atomic E-state index is 9.07. The van der Waals surface area contributed by atoms with E-state index in [-0.39, 0.29) is 6.61 Å². The number of nitrogens with one attached hydrogen (secondary N) is 1. The van der Waals surface area contributed by atoms with Crippen molar-refractivity contribution in [1.82, 2.24) is 15.1 Å². The van der Waals surface area contributed by atoms with Crippen molar-refractivity contribution in [3.8, 4) is 0 Å². The first-order chi connectivity index (χ1) is 9.65. The molecule has 0 bridgehead atoms. The molecule has 0 radical (unpaired) electrons. The summed E-state index contributed by atoms with van der Waals surface area (Å²) in [6.45, 7) is 12.8. The summed E-state index contributed by atoms with van der Waals surface area (Å²) in [6, 6.07) is 0.810. The van der Waals surface area contributed by atoms with Crippen molar-refractivity contribution in [3.63, 3.8) is 0 Å². The minimum atomic E-state index is 0.290. The molecule has 1 aliphatic heterocycles. The van der Waals surface area contributed by atoms with E-state index >= 15 is 0 Å². The molecule has 4 nitrogen and oxygen atoms in total. The van der Waals surface area contributed by atoms with Gasteiger partial charge in [-0.15, -0.1) is 0 Å². The second-order valence-electron chi connectivity index (χ2n) is 7.01. The van der Waals surface area contributed by atoms with Gasteiger partial charge in [0.1, 0.15) is 0 Å². The number of nitrogens with zero attached hydrogens (tertiary/aromatic N) is 2. The summed E-state index contributed by atoms with van der Waals surface area (Å²) in [5, 5.41) is 12.8. The van der Waals surface area contributed by atoms with Gasteiger partial charge in [0, 0.05) is 38.8 Å². The Labute approximate surface area is 124 Å². The number of aliphatic hydroxyl groups excluding tert-OH is 1. The second kappa shape index (κ2) is 7.74. The van der Waals surface area contributed by atoms with Crippen molar-refractivity contribution < 1.29 is 5.11 Å². The zero-order chi connectivity index (χ0) is 14.4. The quantitative estimate of drug-likeness (QED) is 0.701. The fourth-order valence-electron chi connectivity index (χ4n) is 3.06. The average molecular weight is 283 g/mol. The van der Waals surface area contributed by atoms with Crippen molar-refractivity contribution in [2.24, 2.45) is 5.41 Å². The van der Waals surface area contributed by atoms with Crippen LogP contribution in [0.25, 0.3) is 0 Å². The third-order valence-electron chi connectivity index (χ3n) is 4.95. The van der Waals surface area contributed by atoms with E-state index in [1.54, 1.807) is 0 Å². The lowest BCUT2D eigenvalue weighted by molar-refractivity contribution is 0.153. The van der Waals surface area contributed by atoms with Gasteiger partial charge in [-0.05, 0) is 44.2 Å². The zero-order valence-electron chi connectivity index (χ0n) is 13.4. The van der Waals surface area contributed by atoms with Gasteiger partial charge >= 0.3 is 0 Å². The molecule has 1 heterocycles. The smallest absolute Gasteiger partial charge is 0.0558 e. The number of aliphatic hydroxyl groups is 1. The van der Waals surface area contributed by atoms with Crippen molar-refractivity contribution in [1.29, 1.82) is 0 Å². The van der Waals surface area contributed by atoms with E-state index in [1.807, 2.05) is 0 Å². The van der Waals surface area contributed by atoms with Crippen LogP contribution in [0.4, 0.5) is 0 Å². The molecule has 1 aliphatic carbocycles. The van der Waals surface area contributed by atoms with E-state index in [9.17, 15) is 0 Å². The molecule has 1 saturated carbocycles. The van der Waals surface area contributed by atoms with Gasteiger partial charge in [0.05, 0.1) is 6.61 Å². The molecule has 2 fully saturated rings. The van der Waals surface area contributed by atoms with Crippen LogP contribution in [0.2, 0.25) is 0 Å². The minimum absolute atomic E-state index is 0.290. The van der Waals surface area contributed by atoms with E-state index < -0.39 is 0 Å². The van der Waals surface area contributed by atoms with Gasteiger partial charge in [0.2, 0.25) is 0 Å². The third-order valence-corrected chi connectivity index (χ3v) is 4.95. The van der Waals surface area contributed by atoms with Gasteiger partial charge in [-0.2, -0.15) is 0 Å². The highest BCUT2D eigenvalue weighted by Crippen LogP contribution is 2.26. The molecule has 0 aromatic rings. The molecule has 0 aromatic carbocycles. The summed E-state index contributed by atoms with van der Waals surface area (Å²) in [7, 11) is 0. The third kappa shape index (κ3) is 5.32. The number of β-amino-alcohol motifs (C(OH)–C–C–N with tert-alkyl or cyclic N) is 1. The molecule has 1 atom stereocenters. The Balaban J connectivity index is 1.77. The molecule has 0 spiro atoms. The number of hydrogen-bond donors (Lipinski definition) is 2. The summed E-state index contributed by atoms with van der Waals surface area (Å²) in [5.74, 6) is 0. The first-order valence-electron chi connectivity index (χ1n) is 8.44. The summed E-state index contributed by atoms with van der Waals surface area (Å²) in [4.78, 5) is 5.03. The molecule has 2 aliphatic rings. The van der Waals surface area contributed by atoms with Gasteiger partial charge in [0.15, 0.2) is 0 Å². The normalized spacial score (nSPS) is 25.4. The van der Waals surface area contributed by atoms with Gasteiger partial charge in [0.25, 0.3) is 0 Å². The molecular weight excluding hydrogens is 250 g/mol. The van der Waals surface area contributed by atoms with Crippen molar-refractivity contribution in [2.75, 3.05) is 52.4 Å². The Morgan fingerprint density at radius 2 is 1.85 bits per heavy atom. The van der Waals surface area contributed by atoms with Crippen LogP contribution in [0.5, 0.6) is 0 Å². The maximum absolute atomic E-state index is 9.07. The minimum Gasteiger partial charge on any atom is -0.395 e. The fourth-order valence-corrected chi connectivity index (χ4v) is 3.06. The van der Waals surface area contributed by atoms with Crippen LogP contribution < -0.4 is 5.32 Å². The predicted molar refractivity (Wildman–Crippen MR) is 84.0 cm³/mol. The van der Waals surface area contributed by atoms with Gasteiger partial charge in [-0.25, -0.2) is 0 Å². The highest BCUT2D eigenvalue weighted by atomic mass is 16.3. The zero-order valence-corrected chi connectivity index (χ0v) is 13.4. The number of rotatable bonds is 8. The largest absolute Gasteiger partial charge is 0.395 e. The molecule has 2 rings (SSSR count). The molecule has 0 aromatic heterocycles. The van der Waals surface area contributed by atoms with E-state index in [4.69, 9.17) is 5.11 Å². The van der Waals surface area contributed by atoms with Crippen molar-refractivity contribution >= 4 is 0 Å². The summed E-state index contributed by atoms with van der Waals surface area (Å²) in [5.41, 5.74) is 0.398. The Morgan fingerprint density at radius 1 is 1.15 bits per heavy atom. The van der Waals surface area contributed by atoms with Crippen molar-refractivity contribution in [3.05, 3.63) is 0 Å². The molecule has 1 saturated heterocycles. The van der Waals surface area contributed by atoms with E-state index in [0.717, 1.165) is 38.8 Å². The molecule has 0 amide bonds. The van der Waals surface area contributed by atoms with Gasteiger partial charge < -0.3 is 15.3 Å². The van der Waals surface area contributed by atoms with Crippen LogP contribution in [-0.4, -0.2) is 73.4 Å². The molecule has 1 unspecified atom stereocenters. The molecule has 118 valence electrons. The summed E-state index contributed by atoms with van der Waals surface area (Å²) in [6.07, 6.45) is 5.22. The van der Waals surface area contributed by atoms with Crippen LogP contribution in [0, 0.1) is 5.41 Å². The van der Waals surface area contributed by atoms with Crippen LogP contribution in [0.1, 0.15) is 39.5 Å². The summed E-state index contributed by atoms with van der Waals surface area (Å²) < 4.78 is 0. The van der Waals surface area contributed by atoms with Gasteiger partial charge in [-0.3, -0.25) is 4.90 Å². The van der Waals surface area contributed by atoms with E-state index in [1.165, 1.54) is 38.8 Å². The first kappa shape index (κ1) is 16.2. The number of hydrogen-bond acceptors (Lipinski definition) is 4. The average Bonchev–Trinajstić information content (AvgIpc) is 3.26. The monoisotopic (exact) mass is 283 g/mol. The Kier molecular flexibility index (Phi) is 6.27. The highest BCUT2D eigenvalue weighted by Gasteiger charge is 2.29. The fraction of sp³-hybridized carbons (Fsp3) is 1.00. The van der Waals surface area contributed by atoms with E-state index in [0.29, 0.717) is 5.41 Å². The topological polar surface area (TPSA) is 38.7 Å². The maximum Gasteiger partial charge on any atom is 0.0558 e. The molecule has 4 heteroatoms. The first-order valence-corrected chi connectivity index (χ1v) is 8.44. The summed E-state index contributed by atoms with van der Waals surface area (Å²) >= 11 is 0. The van der Waals surface area contributed by atoms with Crippen LogP contribution >= 0.6 is 0 Å². The van der Waals surface area contributed by atoms with Crippen LogP contribution in [0.3, 0.4) is 0 Å². The van der Waals surface area contributed by atoms with Crippen LogP contribution in [0.15, 0.2) is 0 Å². The van der Waals surface area contributed by atoms with Gasteiger partial charge in [-0.1, -0.05) is 13.8 Å². The Hall–Kier alpha value is -0.160. The lowest BCUT2D eigenvalue weighted by Crippen LogP contribution is -2.44. The highest BCUT2D eigenvalue weighted by molar-refractivity contribution is 4.87. The molecule has 20 heavy (non-hydrogen) atoms. The second-order valence-corrected chi connectivity index (χ2v) is 7.01. The standard InChI is InChI=1S/C16H33N3O/c1-3-16(2,13-17-15-5-6-15)14-19-8-4-7-18(9-10-19)11-12-20/h15,17,20H,3-14H2,1-2H3. The van der Waals surface area contributed by atoms with Crippen molar-refractivity contribution in [2.45, 2.75) is 45.6 Å². The Bertz CT molecular complexity index is 283. The Morgan fingerprint density at radius 3 is 2.50 bits per heavy atom. The molecule has 2 N–H and O–H groups in total. The van der Waals surface area contributed by atoms with E-state index in [2.05, 4.69) is 29.0 Å². The lowest BCUT2D eigenvalue weighted by Gasteiger charge is -2.35. The predicted octanol–water partition coefficient (Wildman–Crippen LogP) is 1.15. The molecular formula is C16H33N3O.